The van der Waals surface area contributed by atoms with Gasteiger partial charge in [-0.15, -0.1) is 0 Å². The van der Waals surface area contributed by atoms with Crippen molar-refractivity contribution in [1.82, 2.24) is 4.90 Å². The predicted molar refractivity (Wildman–Crippen MR) is 82.6 cm³/mol. The summed E-state index contributed by atoms with van der Waals surface area (Å²) in [6.07, 6.45) is 0. The Hall–Kier alpha value is -1.58. The standard InChI is InChI=1S/C17H24N2O/c1-13-9-10-16(20-13)12-19(3)17(11-18)14(2)15-7-5-4-6-8-15/h4-10,14,17H,11-12,18H2,1-3H3. The largest absolute Gasteiger partial charge is 0.465 e. The van der Waals surface area contributed by atoms with E-state index in [4.69, 9.17) is 10.2 Å². The molecule has 3 nitrogen and oxygen atoms in total. The van der Waals surface area contributed by atoms with Gasteiger partial charge in [-0.2, -0.15) is 0 Å². The van der Waals surface area contributed by atoms with Crippen molar-refractivity contribution in [1.29, 1.82) is 0 Å². The zero-order valence-electron chi connectivity index (χ0n) is 12.5. The van der Waals surface area contributed by atoms with Crippen LogP contribution in [0.1, 0.15) is 29.9 Å². The number of furan rings is 1. The minimum absolute atomic E-state index is 0.294. The van der Waals surface area contributed by atoms with Crippen LogP contribution in [0, 0.1) is 6.92 Å². The fourth-order valence-corrected chi connectivity index (χ4v) is 2.68. The van der Waals surface area contributed by atoms with E-state index in [1.807, 2.05) is 25.1 Å². The predicted octanol–water partition coefficient (Wildman–Crippen LogP) is 3.15. The molecular formula is C17H24N2O. The molecular weight excluding hydrogens is 248 g/mol. The van der Waals surface area contributed by atoms with Gasteiger partial charge < -0.3 is 10.2 Å². The molecule has 0 fully saturated rings. The SMILES string of the molecule is Cc1ccc(CN(C)C(CN)C(C)c2ccccc2)o1. The molecule has 1 aromatic carbocycles. The molecule has 0 saturated carbocycles. The maximum absolute atomic E-state index is 6.00. The van der Waals surface area contributed by atoms with Crippen LogP contribution >= 0.6 is 0 Å². The first-order chi connectivity index (χ1) is 9.61. The molecule has 20 heavy (non-hydrogen) atoms. The third-order valence-electron chi connectivity index (χ3n) is 3.91. The lowest BCUT2D eigenvalue weighted by Crippen LogP contribution is -2.41. The Morgan fingerprint density at radius 3 is 2.40 bits per heavy atom. The molecule has 1 heterocycles. The second-order valence-electron chi connectivity index (χ2n) is 5.43. The number of hydrogen-bond donors (Lipinski definition) is 1. The molecule has 2 rings (SSSR count). The molecule has 0 amide bonds. The summed E-state index contributed by atoms with van der Waals surface area (Å²) < 4.78 is 5.65. The average molecular weight is 272 g/mol. The van der Waals surface area contributed by atoms with Crippen LogP contribution in [0.25, 0.3) is 0 Å². The van der Waals surface area contributed by atoms with E-state index in [1.54, 1.807) is 0 Å². The third-order valence-corrected chi connectivity index (χ3v) is 3.91. The Balaban J connectivity index is 2.07. The van der Waals surface area contributed by atoms with E-state index in [9.17, 15) is 0 Å². The van der Waals surface area contributed by atoms with Crippen molar-refractivity contribution >= 4 is 0 Å². The average Bonchev–Trinajstić information content (AvgIpc) is 2.85. The van der Waals surface area contributed by atoms with Crippen molar-refractivity contribution < 1.29 is 4.42 Å². The van der Waals surface area contributed by atoms with Crippen molar-refractivity contribution in [2.75, 3.05) is 13.6 Å². The quantitative estimate of drug-likeness (QED) is 0.878. The number of hydrogen-bond acceptors (Lipinski definition) is 3. The summed E-state index contributed by atoms with van der Waals surface area (Å²) in [5, 5.41) is 0. The summed E-state index contributed by atoms with van der Waals surface area (Å²) in [6, 6.07) is 14.9. The third kappa shape index (κ3) is 3.50. The van der Waals surface area contributed by atoms with Crippen LogP contribution in [0.15, 0.2) is 46.9 Å². The molecule has 2 N–H and O–H groups in total. The van der Waals surface area contributed by atoms with E-state index in [0.29, 0.717) is 18.5 Å². The number of aryl methyl sites for hydroxylation is 1. The van der Waals surface area contributed by atoms with Crippen molar-refractivity contribution in [2.24, 2.45) is 5.73 Å². The summed E-state index contributed by atoms with van der Waals surface area (Å²) in [5.41, 5.74) is 7.32. The topological polar surface area (TPSA) is 42.4 Å². The van der Waals surface area contributed by atoms with E-state index in [2.05, 4.69) is 43.1 Å². The maximum Gasteiger partial charge on any atom is 0.118 e. The van der Waals surface area contributed by atoms with Crippen LogP contribution in [0.5, 0.6) is 0 Å². The summed E-state index contributed by atoms with van der Waals surface area (Å²) in [6.45, 7) is 5.62. The van der Waals surface area contributed by atoms with Gasteiger partial charge in [-0.05, 0) is 37.6 Å². The summed E-state index contributed by atoms with van der Waals surface area (Å²) in [4.78, 5) is 2.27. The van der Waals surface area contributed by atoms with E-state index >= 15 is 0 Å². The lowest BCUT2D eigenvalue weighted by atomic mass is 9.92. The van der Waals surface area contributed by atoms with E-state index in [-0.39, 0.29) is 0 Å². The van der Waals surface area contributed by atoms with Gasteiger partial charge in [0, 0.05) is 12.6 Å². The molecule has 0 aliphatic rings. The Labute approximate surface area is 121 Å². The molecule has 2 aromatic rings. The molecule has 0 radical (unpaired) electrons. The van der Waals surface area contributed by atoms with Gasteiger partial charge in [-0.25, -0.2) is 0 Å². The Morgan fingerprint density at radius 1 is 1.15 bits per heavy atom. The van der Waals surface area contributed by atoms with Gasteiger partial charge in [-0.3, -0.25) is 4.90 Å². The first-order valence-corrected chi connectivity index (χ1v) is 7.12. The summed E-state index contributed by atoms with van der Waals surface area (Å²) in [5.74, 6) is 2.33. The van der Waals surface area contributed by atoms with E-state index < -0.39 is 0 Å². The van der Waals surface area contributed by atoms with Crippen LogP contribution in [0.2, 0.25) is 0 Å². The maximum atomic E-state index is 6.00. The van der Waals surface area contributed by atoms with Gasteiger partial charge in [0.2, 0.25) is 0 Å². The fraction of sp³-hybridized carbons (Fsp3) is 0.412. The van der Waals surface area contributed by atoms with Crippen LogP contribution in [0.4, 0.5) is 0 Å². The fourth-order valence-electron chi connectivity index (χ4n) is 2.68. The van der Waals surface area contributed by atoms with Gasteiger partial charge in [0.15, 0.2) is 0 Å². The first kappa shape index (κ1) is 14.8. The molecule has 1 aromatic heterocycles. The number of nitrogens with two attached hydrogens (primary N) is 1. The molecule has 0 bridgehead atoms. The first-order valence-electron chi connectivity index (χ1n) is 7.12. The van der Waals surface area contributed by atoms with Crippen molar-refractivity contribution in [3.8, 4) is 0 Å². The highest BCUT2D eigenvalue weighted by atomic mass is 16.3. The second-order valence-corrected chi connectivity index (χ2v) is 5.43. The lowest BCUT2D eigenvalue weighted by molar-refractivity contribution is 0.197. The summed E-state index contributed by atoms with van der Waals surface area (Å²) in [7, 11) is 2.11. The smallest absolute Gasteiger partial charge is 0.118 e. The van der Waals surface area contributed by atoms with Gasteiger partial charge in [0.1, 0.15) is 11.5 Å². The summed E-state index contributed by atoms with van der Waals surface area (Å²) >= 11 is 0. The Kier molecular flexibility index (Phi) is 4.99. The van der Waals surface area contributed by atoms with Gasteiger partial charge in [-0.1, -0.05) is 37.3 Å². The molecule has 0 aliphatic carbocycles. The minimum Gasteiger partial charge on any atom is -0.465 e. The number of nitrogens with zero attached hydrogens (tertiary/aromatic N) is 1. The van der Waals surface area contributed by atoms with Gasteiger partial charge in [0.25, 0.3) is 0 Å². The Morgan fingerprint density at radius 2 is 1.85 bits per heavy atom. The molecule has 0 saturated heterocycles. The van der Waals surface area contributed by atoms with Crippen molar-refractivity contribution in [2.45, 2.75) is 32.4 Å². The molecule has 0 aliphatic heterocycles. The van der Waals surface area contributed by atoms with E-state index in [1.165, 1.54) is 5.56 Å². The van der Waals surface area contributed by atoms with Crippen LogP contribution < -0.4 is 5.73 Å². The van der Waals surface area contributed by atoms with Crippen molar-refractivity contribution in [3.05, 3.63) is 59.5 Å². The van der Waals surface area contributed by atoms with Crippen LogP contribution in [-0.2, 0) is 6.54 Å². The zero-order chi connectivity index (χ0) is 14.5. The van der Waals surface area contributed by atoms with Crippen LogP contribution in [0.3, 0.4) is 0 Å². The van der Waals surface area contributed by atoms with Crippen molar-refractivity contribution in [3.63, 3.8) is 0 Å². The lowest BCUT2D eigenvalue weighted by Gasteiger charge is -2.31. The number of likely N-dealkylation sites (N-methyl/N-ethyl adjacent to an activating group) is 1. The highest BCUT2D eigenvalue weighted by Gasteiger charge is 2.22. The molecule has 0 spiro atoms. The zero-order valence-corrected chi connectivity index (χ0v) is 12.5. The second kappa shape index (κ2) is 6.73. The molecule has 108 valence electrons. The molecule has 3 heteroatoms. The van der Waals surface area contributed by atoms with Crippen LogP contribution in [-0.4, -0.2) is 24.5 Å². The van der Waals surface area contributed by atoms with Gasteiger partial charge in [0.05, 0.1) is 6.54 Å². The number of rotatable bonds is 6. The Bertz CT molecular complexity index is 521. The number of benzene rings is 1. The normalized spacial score (nSPS) is 14.4. The monoisotopic (exact) mass is 272 g/mol. The molecule has 2 atom stereocenters. The highest BCUT2D eigenvalue weighted by molar-refractivity contribution is 5.20. The van der Waals surface area contributed by atoms with Gasteiger partial charge >= 0.3 is 0 Å². The highest BCUT2D eigenvalue weighted by Crippen LogP contribution is 2.23. The van der Waals surface area contributed by atoms with E-state index in [0.717, 1.165) is 18.1 Å². The molecule has 2 unspecified atom stereocenters. The minimum atomic E-state index is 0.294.